The van der Waals surface area contributed by atoms with Crippen LogP contribution in [0.5, 0.6) is 0 Å². The van der Waals surface area contributed by atoms with Gasteiger partial charge in [-0.1, -0.05) is 0 Å². The first-order valence-corrected chi connectivity index (χ1v) is 6.72. The van der Waals surface area contributed by atoms with E-state index in [1.54, 1.807) is 0 Å². The standard InChI is InChI=1S/C14H18N4O3/c1-4-15-13-7-11(18(19)20)8-14(17-13)16-10(3)12-6-5-9(2)21-12/h5-8,10H,4H2,1-3H3,(H2,15,16,17). The van der Waals surface area contributed by atoms with Crippen molar-refractivity contribution in [2.24, 2.45) is 0 Å². The van der Waals surface area contributed by atoms with Crippen LogP contribution < -0.4 is 10.6 Å². The third kappa shape index (κ3) is 3.71. The number of nitrogens with one attached hydrogen (secondary N) is 2. The average Bonchev–Trinajstić information content (AvgIpc) is 2.85. The first-order valence-electron chi connectivity index (χ1n) is 6.72. The van der Waals surface area contributed by atoms with Gasteiger partial charge in [-0.05, 0) is 32.9 Å². The number of furan rings is 1. The minimum Gasteiger partial charge on any atom is -0.464 e. The van der Waals surface area contributed by atoms with Gasteiger partial charge in [-0.2, -0.15) is 0 Å². The molecule has 0 aliphatic rings. The predicted octanol–water partition coefficient (Wildman–Crippen LogP) is 3.50. The number of nitrogens with zero attached hydrogens (tertiary/aromatic N) is 2. The van der Waals surface area contributed by atoms with E-state index in [0.717, 1.165) is 11.5 Å². The molecule has 21 heavy (non-hydrogen) atoms. The molecule has 0 saturated heterocycles. The molecule has 2 aromatic heterocycles. The van der Waals surface area contributed by atoms with Crippen molar-refractivity contribution < 1.29 is 9.34 Å². The summed E-state index contributed by atoms with van der Waals surface area (Å²) < 4.78 is 5.53. The molecule has 1 atom stereocenters. The van der Waals surface area contributed by atoms with E-state index in [0.29, 0.717) is 18.2 Å². The molecule has 7 heteroatoms. The van der Waals surface area contributed by atoms with Crippen LogP contribution in [0.15, 0.2) is 28.7 Å². The van der Waals surface area contributed by atoms with Crippen LogP contribution in [0.25, 0.3) is 0 Å². The molecule has 2 aromatic rings. The SMILES string of the molecule is CCNc1cc([N+](=O)[O-])cc(NC(C)c2ccc(C)o2)n1. The lowest BCUT2D eigenvalue weighted by atomic mass is 10.2. The highest BCUT2D eigenvalue weighted by atomic mass is 16.6. The summed E-state index contributed by atoms with van der Waals surface area (Å²) in [6, 6.07) is 6.43. The number of rotatable bonds is 6. The molecule has 2 rings (SSSR count). The number of anilines is 2. The maximum Gasteiger partial charge on any atom is 0.276 e. The Morgan fingerprint density at radius 2 is 2.10 bits per heavy atom. The number of pyridine rings is 1. The summed E-state index contributed by atoms with van der Waals surface area (Å²) in [7, 11) is 0. The van der Waals surface area contributed by atoms with Gasteiger partial charge >= 0.3 is 0 Å². The van der Waals surface area contributed by atoms with Crippen LogP contribution in [0.3, 0.4) is 0 Å². The monoisotopic (exact) mass is 290 g/mol. The minimum atomic E-state index is -0.435. The average molecular weight is 290 g/mol. The molecule has 2 heterocycles. The quantitative estimate of drug-likeness (QED) is 0.624. The molecule has 0 aromatic carbocycles. The van der Waals surface area contributed by atoms with Gasteiger partial charge in [-0.3, -0.25) is 10.1 Å². The smallest absolute Gasteiger partial charge is 0.276 e. The second kappa shape index (κ2) is 6.25. The molecule has 0 bridgehead atoms. The van der Waals surface area contributed by atoms with Crippen molar-refractivity contribution in [3.63, 3.8) is 0 Å². The van der Waals surface area contributed by atoms with E-state index >= 15 is 0 Å². The first-order chi connectivity index (χ1) is 9.99. The van der Waals surface area contributed by atoms with Gasteiger partial charge in [0.05, 0.1) is 23.1 Å². The van der Waals surface area contributed by atoms with Gasteiger partial charge in [-0.15, -0.1) is 0 Å². The van der Waals surface area contributed by atoms with Crippen molar-refractivity contribution in [3.8, 4) is 0 Å². The van der Waals surface area contributed by atoms with Crippen molar-refractivity contribution in [1.29, 1.82) is 0 Å². The zero-order valence-corrected chi connectivity index (χ0v) is 12.2. The van der Waals surface area contributed by atoms with Crippen LogP contribution >= 0.6 is 0 Å². The lowest BCUT2D eigenvalue weighted by molar-refractivity contribution is -0.384. The van der Waals surface area contributed by atoms with E-state index in [1.165, 1.54) is 12.1 Å². The van der Waals surface area contributed by atoms with Crippen LogP contribution in [-0.4, -0.2) is 16.5 Å². The number of hydrogen-bond acceptors (Lipinski definition) is 6. The minimum absolute atomic E-state index is 0.00808. The van der Waals surface area contributed by atoms with E-state index in [1.807, 2.05) is 32.9 Å². The van der Waals surface area contributed by atoms with Crippen LogP contribution in [0.1, 0.15) is 31.4 Å². The van der Waals surface area contributed by atoms with Crippen LogP contribution in [0.2, 0.25) is 0 Å². The Hall–Kier alpha value is -2.57. The molecular formula is C14H18N4O3. The molecular weight excluding hydrogens is 272 g/mol. The molecule has 2 N–H and O–H groups in total. The van der Waals surface area contributed by atoms with E-state index in [9.17, 15) is 10.1 Å². The van der Waals surface area contributed by atoms with Crippen molar-refractivity contribution in [1.82, 2.24) is 4.98 Å². The van der Waals surface area contributed by atoms with Gasteiger partial charge in [0.25, 0.3) is 5.69 Å². The van der Waals surface area contributed by atoms with Gasteiger partial charge in [0, 0.05) is 6.54 Å². The second-order valence-corrected chi connectivity index (χ2v) is 4.70. The van der Waals surface area contributed by atoms with Crippen LogP contribution in [0.4, 0.5) is 17.3 Å². The van der Waals surface area contributed by atoms with Crippen molar-refractivity contribution in [2.75, 3.05) is 17.2 Å². The van der Waals surface area contributed by atoms with E-state index in [4.69, 9.17) is 4.42 Å². The molecule has 1 unspecified atom stereocenters. The lowest BCUT2D eigenvalue weighted by Gasteiger charge is -2.13. The molecule has 0 saturated carbocycles. The Morgan fingerprint density at radius 3 is 2.67 bits per heavy atom. The maximum atomic E-state index is 11.0. The topological polar surface area (TPSA) is 93.2 Å². The molecule has 0 aliphatic heterocycles. The number of aryl methyl sites for hydroxylation is 1. The van der Waals surface area contributed by atoms with Gasteiger partial charge in [0.1, 0.15) is 23.2 Å². The fourth-order valence-electron chi connectivity index (χ4n) is 1.95. The normalized spacial score (nSPS) is 12.0. The maximum absolute atomic E-state index is 11.0. The molecule has 112 valence electrons. The molecule has 0 fully saturated rings. The Bertz CT molecular complexity index is 639. The third-order valence-electron chi connectivity index (χ3n) is 2.93. The number of aromatic nitrogens is 1. The van der Waals surface area contributed by atoms with Crippen molar-refractivity contribution >= 4 is 17.3 Å². The Kier molecular flexibility index (Phi) is 4.42. The van der Waals surface area contributed by atoms with E-state index in [-0.39, 0.29) is 11.7 Å². The molecule has 0 radical (unpaired) electrons. The number of hydrogen-bond donors (Lipinski definition) is 2. The summed E-state index contributed by atoms with van der Waals surface area (Å²) in [6.07, 6.45) is 0. The summed E-state index contributed by atoms with van der Waals surface area (Å²) in [5, 5.41) is 17.1. The largest absolute Gasteiger partial charge is 0.464 e. The van der Waals surface area contributed by atoms with Crippen LogP contribution in [0, 0.1) is 17.0 Å². The summed E-state index contributed by atoms with van der Waals surface area (Å²) in [4.78, 5) is 14.8. The first kappa shape index (κ1) is 14.8. The fraction of sp³-hybridized carbons (Fsp3) is 0.357. The Balaban J connectivity index is 2.23. The molecule has 0 aliphatic carbocycles. The third-order valence-corrected chi connectivity index (χ3v) is 2.93. The highest BCUT2D eigenvalue weighted by Gasteiger charge is 2.14. The highest BCUT2D eigenvalue weighted by Crippen LogP contribution is 2.25. The van der Waals surface area contributed by atoms with Gasteiger partial charge in [-0.25, -0.2) is 4.98 Å². The summed E-state index contributed by atoms with van der Waals surface area (Å²) in [5.74, 6) is 2.48. The molecule has 0 amide bonds. The van der Waals surface area contributed by atoms with Crippen molar-refractivity contribution in [3.05, 3.63) is 45.9 Å². The van der Waals surface area contributed by atoms with E-state index in [2.05, 4.69) is 15.6 Å². The van der Waals surface area contributed by atoms with Gasteiger partial charge < -0.3 is 15.1 Å². The zero-order chi connectivity index (χ0) is 15.4. The summed E-state index contributed by atoms with van der Waals surface area (Å²) in [5.41, 5.74) is -0.00808. The molecule has 0 spiro atoms. The van der Waals surface area contributed by atoms with Gasteiger partial charge in [0.2, 0.25) is 0 Å². The van der Waals surface area contributed by atoms with Gasteiger partial charge in [0.15, 0.2) is 0 Å². The lowest BCUT2D eigenvalue weighted by Crippen LogP contribution is -2.09. The fourth-order valence-corrected chi connectivity index (χ4v) is 1.95. The molecule has 7 nitrogen and oxygen atoms in total. The second-order valence-electron chi connectivity index (χ2n) is 4.70. The van der Waals surface area contributed by atoms with Crippen LogP contribution in [-0.2, 0) is 0 Å². The van der Waals surface area contributed by atoms with E-state index < -0.39 is 4.92 Å². The van der Waals surface area contributed by atoms with Crippen molar-refractivity contribution in [2.45, 2.75) is 26.8 Å². The Labute approximate surface area is 122 Å². The summed E-state index contributed by atoms with van der Waals surface area (Å²) >= 11 is 0. The zero-order valence-electron chi connectivity index (χ0n) is 12.2. The Morgan fingerprint density at radius 1 is 1.38 bits per heavy atom. The summed E-state index contributed by atoms with van der Waals surface area (Å²) in [6.45, 7) is 6.32. The highest BCUT2D eigenvalue weighted by molar-refractivity contribution is 5.55. The number of nitro groups is 1. The predicted molar refractivity (Wildman–Crippen MR) is 80.5 cm³/mol.